The molecule has 1 aliphatic rings. The summed E-state index contributed by atoms with van der Waals surface area (Å²) < 4.78 is 10.6. The Balaban J connectivity index is 2.26. The molecule has 1 N–H and O–H groups in total. The molecule has 1 saturated heterocycles. The van der Waals surface area contributed by atoms with Crippen LogP contribution in [0.2, 0.25) is 5.02 Å². The SMILES string of the molecule is CCC(C)(C)[C@H](NC1OCO1)c1ccccc1Cl. The van der Waals surface area contributed by atoms with Crippen molar-refractivity contribution in [2.24, 2.45) is 5.41 Å². The molecule has 3 nitrogen and oxygen atoms in total. The molecule has 1 aromatic carbocycles. The van der Waals surface area contributed by atoms with Crippen molar-refractivity contribution in [3.63, 3.8) is 0 Å². The van der Waals surface area contributed by atoms with Crippen LogP contribution in [-0.2, 0) is 9.47 Å². The fourth-order valence-electron chi connectivity index (χ4n) is 2.02. The molecule has 0 aromatic heterocycles. The molecular formula is C14H20ClNO2. The van der Waals surface area contributed by atoms with Gasteiger partial charge in [-0.1, -0.05) is 50.6 Å². The van der Waals surface area contributed by atoms with Crippen molar-refractivity contribution in [1.82, 2.24) is 5.32 Å². The van der Waals surface area contributed by atoms with Crippen LogP contribution in [0, 0.1) is 5.41 Å². The molecule has 4 heteroatoms. The second kappa shape index (κ2) is 5.57. The summed E-state index contributed by atoms with van der Waals surface area (Å²) >= 11 is 6.31. The molecule has 1 fully saturated rings. The summed E-state index contributed by atoms with van der Waals surface area (Å²) in [5, 5.41) is 4.15. The van der Waals surface area contributed by atoms with Gasteiger partial charge in [-0.15, -0.1) is 0 Å². The van der Waals surface area contributed by atoms with Crippen LogP contribution in [0.5, 0.6) is 0 Å². The van der Waals surface area contributed by atoms with Crippen molar-refractivity contribution in [3.05, 3.63) is 34.9 Å². The number of rotatable bonds is 5. The average Bonchev–Trinajstić information content (AvgIpc) is 2.29. The van der Waals surface area contributed by atoms with Crippen molar-refractivity contribution in [3.8, 4) is 0 Å². The van der Waals surface area contributed by atoms with Gasteiger partial charge in [-0.25, -0.2) is 0 Å². The first kappa shape index (κ1) is 13.8. The predicted molar refractivity (Wildman–Crippen MR) is 72.2 cm³/mol. The molecule has 0 unspecified atom stereocenters. The second-order valence-electron chi connectivity index (χ2n) is 5.25. The second-order valence-corrected chi connectivity index (χ2v) is 5.65. The van der Waals surface area contributed by atoms with Crippen LogP contribution in [0.1, 0.15) is 38.8 Å². The third-order valence-electron chi connectivity index (χ3n) is 3.65. The van der Waals surface area contributed by atoms with Gasteiger partial charge in [0.05, 0.1) is 0 Å². The monoisotopic (exact) mass is 269 g/mol. The molecule has 0 spiro atoms. The van der Waals surface area contributed by atoms with Gasteiger partial charge >= 0.3 is 0 Å². The smallest absolute Gasteiger partial charge is 0.220 e. The zero-order valence-corrected chi connectivity index (χ0v) is 11.8. The number of benzene rings is 1. The van der Waals surface area contributed by atoms with E-state index in [1.54, 1.807) is 0 Å². The average molecular weight is 270 g/mol. The largest absolute Gasteiger partial charge is 0.313 e. The molecule has 100 valence electrons. The predicted octanol–water partition coefficient (Wildman–Crippen LogP) is 3.69. The normalized spacial score (nSPS) is 18.4. The van der Waals surface area contributed by atoms with E-state index in [1.165, 1.54) is 0 Å². The first-order valence-corrected chi connectivity index (χ1v) is 6.66. The molecule has 0 amide bonds. The highest BCUT2D eigenvalue weighted by atomic mass is 35.5. The Morgan fingerprint density at radius 1 is 1.39 bits per heavy atom. The molecule has 1 aromatic rings. The summed E-state index contributed by atoms with van der Waals surface area (Å²) in [4.78, 5) is 0. The minimum Gasteiger partial charge on any atom is -0.313 e. The molecule has 2 rings (SSSR count). The molecule has 0 bridgehead atoms. The Hall–Kier alpha value is -0.610. The van der Waals surface area contributed by atoms with E-state index >= 15 is 0 Å². The van der Waals surface area contributed by atoms with Gasteiger partial charge in [-0.05, 0) is 23.5 Å². The minimum absolute atomic E-state index is 0.0628. The topological polar surface area (TPSA) is 30.5 Å². The molecule has 0 saturated carbocycles. The lowest BCUT2D eigenvalue weighted by Gasteiger charge is -2.39. The van der Waals surface area contributed by atoms with Gasteiger partial charge in [-0.2, -0.15) is 0 Å². The number of nitrogens with one attached hydrogen (secondary N) is 1. The van der Waals surface area contributed by atoms with Crippen LogP contribution in [0.15, 0.2) is 24.3 Å². The van der Waals surface area contributed by atoms with Gasteiger partial charge in [0.15, 0.2) is 6.79 Å². The summed E-state index contributed by atoms with van der Waals surface area (Å²) in [6, 6.07) is 8.01. The summed E-state index contributed by atoms with van der Waals surface area (Å²) in [6.07, 6.45) is 0.708. The van der Waals surface area contributed by atoms with Gasteiger partial charge < -0.3 is 9.47 Å². The van der Waals surface area contributed by atoms with Gasteiger partial charge in [-0.3, -0.25) is 5.32 Å². The van der Waals surface area contributed by atoms with Crippen LogP contribution in [0.25, 0.3) is 0 Å². The Kier molecular flexibility index (Phi) is 4.28. The van der Waals surface area contributed by atoms with E-state index in [9.17, 15) is 0 Å². The molecule has 18 heavy (non-hydrogen) atoms. The number of ether oxygens (including phenoxy) is 2. The molecule has 0 radical (unpaired) electrons. The Labute approximate surface area is 113 Å². The van der Waals surface area contributed by atoms with Gasteiger partial charge in [0.25, 0.3) is 0 Å². The lowest BCUT2D eigenvalue weighted by Crippen LogP contribution is -2.48. The van der Waals surface area contributed by atoms with E-state index in [4.69, 9.17) is 21.1 Å². The van der Waals surface area contributed by atoms with Gasteiger partial charge in [0.1, 0.15) is 0 Å². The van der Waals surface area contributed by atoms with Crippen LogP contribution in [-0.4, -0.2) is 13.2 Å². The minimum atomic E-state index is -0.322. The lowest BCUT2D eigenvalue weighted by molar-refractivity contribution is -0.337. The number of hydrogen-bond donors (Lipinski definition) is 1. The first-order valence-electron chi connectivity index (χ1n) is 6.28. The fourth-order valence-corrected chi connectivity index (χ4v) is 2.26. The Morgan fingerprint density at radius 3 is 2.56 bits per heavy atom. The van der Waals surface area contributed by atoms with Crippen molar-refractivity contribution in [1.29, 1.82) is 0 Å². The Morgan fingerprint density at radius 2 is 2.06 bits per heavy atom. The highest BCUT2D eigenvalue weighted by Crippen LogP contribution is 2.39. The highest BCUT2D eigenvalue weighted by Gasteiger charge is 2.34. The maximum atomic E-state index is 6.31. The molecule has 1 heterocycles. The van der Waals surface area contributed by atoms with E-state index in [-0.39, 0.29) is 17.9 Å². The zero-order chi connectivity index (χ0) is 13.2. The third-order valence-corrected chi connectivity index (χ3v) is 3.99. The zero-order valence-electron chi connectivity index (χ0n) is 11.1. The standard InChI is InChI=1S/C14H20ClNO2/c1-4-14(2,3)12(16-13-17-9-18-13)10-7-5-6-8-11(10)15/h5-8,12-13,16H,4,9H2,1-3H3/t12-/m1/s1. The van der Waals surface area contributed by atoms with Crippen molar-refractivity contribution in [2.75, 3.05) is 6.79 Å². The first-order chi connectivity index (χ1) is 8.54. The summed E-state index contributed by atoms with van der Waals surface area (Å²) in [5.74, 6) is 0. The molecule has 1 atom stereocenters. The van der Waals surface area contributed by atoms with Crippen LogP contribution in [0.3, 0.4) is 0 Å². The van der Waals surface area contributed by atoms with E-state index in [0.29, 0.717) is 6.79 Å². The quantitative estimate of drug-likeness (QED) is 0.884. The van der Waals surface area contributed by atoms with E-state index < -0.39 is 0 Å². The summed E-state index contributed by atoms with van der Waals surface area (Å²) in [7, 11) is 0. The third kappa shape index (κ3) is 2.86. The van der Waals surface area contributed by atoms with Crippen molar-refractivity contribution < 1.29 is 9.47 Å². The van der Waals surface area contributed by atoms with Crippen molar-refractivity contribution in [2.45, 2.75) is 39.6 Å². The maximum absolute atomic E-state index is 6.31. The van der Waals surface area contributed by atoms with Gasteiger partial charge in [0, 0.05) is 11.1 Å². The maximum Gasteiger partial charge on any atom is 0.220 e. The fraction of sp³-hybridized carbons (Fsp3) is 0.571. The molecular weight excluding hydrogens is 250 g/mol. The number of hydrogen-bond acceptors (Lipinski definition) is 3. The van der Waals surface area contributed by atoms with Crippen molar-refractivity contribution >= 4 is 11.6 Å². The summed E-state index contributed by atoms with van der Waals surface area (Å²) in [6.45, 7) is 6.97. The van der Waals surface area contributed by atoms with E-state index in [0.717, 1.165) is 17.0 Å². The Bertz CT molecular complexity index is 405. The lowest BCUT2D eigenvalue weighted by atomic mass is 9.78. The van der Waals surface area contributed by atoms with E-state index in [2.05, 4.69) is 32.2 Å². The van der Waals surface area contributed by atoms with Crippen LogP contribution in [0.4, 0.5) is 0 Å². The number of halogens is 1. The van der Waals surface area contributed by atoms with Crippen LogP contribution >= 0.6 is 11.6 Å². The van der Waals surface area contributed by atoms with Crippen LogP contribution < -0.4 is 5.32 Å². The molecule has 1 aliphatic heterocycles. The molecule has 0 aliphatic carbocycles. The van der Waals surface area contributed by atoms with Gasteiger partial charge in [0.2, 0.25) is 6.41 Å². The van der Waals surface area contributed by atoms with E-state index in [1.807, 2.05) is 18.2 Å². The highest BCUT2D eigenvalue weighted by molar-refractivity contribution is 6.31. The summed E-state index contributed by atoms with van der Waals surface area (Å²) in [5.41, 5.74) is 1.15.